The molecule has 2 aromatic rings. The number of nitriles is 1. The maximum absolute atomic E-state index is 9.50. The van der Waals surface area contributed by atoms with E-state index in [0.717, 1.165) is 16.9 Å². The van der Waals surface area contributed by atoms with Crippen molar-refractivity contribution < 1.29 is 5.11 Å². The van der Waals surface area contributed by atoms with E-state index in [0.29, 0.717) is 5.56 Å². The molecular weight excluding hydrogens is 218 g/mol. The Balaban J connectivity index is 2.47. The van der Waals surface area contributed by atoms with Gasteiger partial charge in [0, 0.05) is 4.88 Å². The Hall–Kier alpha value is -1.79. The highest BCUT2D eigenvalue weighted by molar-refractivity contribution is 7.13. The largest absolute Gasteiger partial charge is 0.508 e. The van der Waals surface area contributed by atoms with Gasteiger partial charge in [0.25, 0.3) is 0 Å². The van der Waals surface area contributed by atoms with Crippen LogP contribution in [0.5, 0.6) is 5.75 Å². The first-order chi connectivity index (χ1) is 7.72. The number of hydrogen-bond acceptors (Lipinski definition) is 3. The Kier molecular flexibility index (Phi) is 2.93. The molecule has 0 radical (unpaired) electrons. The van der Waals surface area contributed by atoms with Gasteiger partial charge < -0.3 is 5.11 Å². The minimum absolute atomic E-state index is 0.139. The third kappa shape index (κ3) is 2.07. The Morgan fingerprint density at radius 1 is 1.31 bits per heavy atom. The van der Waals surface area contributed by atoms with Gasteiger partial charge >= 0.3 is 0 Å². The highest BCUT2D eigenvalue weighted by Crippen LogP contribution is 2.30. The number of thiophene rings is 1. The average Bonchev–Trinajstić information content (AvgIpc) is 2.76. The van der Waals surface area contributed by atoms with Crippen LogP contribution in [-0.4, -0.2) is 5.11 Å². The smallest absolute Gasteiger partial charge is 0.117 e. The topological polar surface area (TPSA) is 44.0 Å². The van der Waals surface area contributed by atoms with Gasteiger partial charge in [-0.05, 0) is 47.2 Å². The Bertz CT molecular complexity index is 551. The van der Waals surface area contributed by atoms with Crippen LogP contribution >= 0.6 is 11.3 Å². The summed E-state index contributed by atoms with van der Waals surface area (Å²) in [6.07, 6.45) is 1.00. The molecule has 1 aromatic heterocycles. The molecule has 0 aliphatic heterocycles. The Morgan fingerprint density at radius 3 is 2.75 bits per heavy atom. The minimum Gasteiger partial charge on any atom is -0.508 e. The van der Waals surface area contributed by atoms with E-state index in [1.165, 1.54) is 11.6 Å². The normalized spacial score (nSPS) is 10.0. The third-order valence-electron chi connectivity index (χ3n) is 2.39. The molecule has 0 amide bonds. The molecule has 0 fully saturated rings. The first-order valence-corrected chi connectivity index (χ1v) is 5.93. The fraction of sp³-hybridized carbons (Fsp3) is 0.154. The minimum atomic E-state index is 0.139. The van der Waals surface area contributed by atoms with Gasteiger partial charge in [-0.2, -0.15) is 5.26 Å². The van der Waals surface area contributed by atoms with E-state index in [4.69, 9.17) is 5.26 Å². The number of phenolic OH excluding ortho intramolecular Hbond substituents is 1. The van der Waals surface area contributed by atoms with Gasteiger partial charge in [0.05, 0.1) is 11.6 Å². The lowest BCUT2D eigenvalue weighted by Gasteiger charge is -1.99. The predicted molar refractivity (Wildman–Crippen MR) is 65.5 cm³/mol. The molecule has 0 atom stereocenters. The maximum atomic E-state index is 9.50. The summed E-state index contributed by atoms with van der Waals surface area (Å²) in [5.74, 6) is 0.139. The summed E-state index contributed by atoms with van der Waals surface area (Å²) in [6.45, 7) is 2.11. The maximum Gasteiger partial charge on any atom is 0.117 e. The van der Waals surface area contributed by atoms with E-state index in [1.807, 2.05) is 6.07 Å². The van der Waals surface area contributed by atoms with Crippen molar-refractivity contribution in [3.63, 3.8) is 0 Å². The van der Waals surface area contributed by atoms with E-state index in [2.05, 4.69) is 18.4 Å². The second-order valence-electron chi connectivity index (χ2n) is 3.55. The fourth-order valence-corrected chi connectivity index (χ4v) is 2.52. The lowest BCUT2D eigenvalue weighted by Crippen LogP contribution is -1.78. The third-order valence-corrected chi connectivity index (χ3v) is 3.42. The van der Waals surface area contributed by atoms with Crippen LogP contribution in [0.2, 0.25) is 0 Å². The molecule has 80 valence electrons. The first-order valence-electron chi connectivity index (χ1n) is 5.05. The molecule has 0 saturated heterocycles. The highest BCUT2D eigenvalue weighted by atomic mass is 32.1. The molecule has 2 nitrogen and oxygen atoms in total. The Labute approximate surface area is 98.4 Å². The quantitative estimate of drug-likeness (QED) is 0.855. The molecule has 3 heteroatoms. The van der Waals surface area contributed by atoms with Gasteiger partial charge in [0.15, 0.2) is 0 Å². The molecule has 1 N–H and O–H groups in total. The van der Waals surface area contributed by atoms with Gasteiger partial charge in [-0.3, -0.25) is 0 Å². The molecule has 1 aromatic carbocycles. The summed E-state index contributed by atoms with van der Waals surface area (Å²) in [7, 11) is 0. The van der Waals surface area contributed by atoms with Gasteiger partial charge in [-0.1, -0.05) is 6.92 Å². The molecule has 2 rings (SSSR count). The van der Waals surface area contributed by atoms with Crippen molar-refractivity contribution in [1.29, 1.82) is 5.26 Å². The molecular formula is C13H11NOS. The van der Waals surface area contributed by atoms with Crippen LogP contribution in [0.15, 0.2) is 29.6 Å². The van der Waals surface area contributed by atoms with Gasteiger partial charge in [0.2, 0.25) is 0 Å². The van der Waals surface area contributed by atoms with Crippen LogP contribution in [0, 0.1) is 11.3 Å². The number of rotatable bonds is 2. The molecule has 0 aliphatic rings. The van der Waals surface area contributed by atoms with Gasteiger partial charge in [-0.15, -0.1) is 11.3 Å². The summed E-state index contributed by atoms with van der Waals surface area (Å²) in [5, 5.41) is 20.4. The van der Waals surface area contributed by atoms with Crippen molar-refractivity contribution in [2.75, 3.05) is 0 Å². The van der Waals surface area contributed by atoms with E-state index >= 15 is 0 Å². The molecule has 0 aliphatic carbocycles. The van der Waals surface area contributed by atoms with Crippen molar-refractivity contribution in [2.45, 2.75) is 13.3 Å². The van der Waals surface area contributed by atoms with Crippen molar-refractivity contribution in [1.82, 2.24) is 0 Å². The molecule has 0 bridgehead atoms. The second-order valence-corrected chi connectivity index (χ2v) is 4.46. The zero-order valence-corrected chi connectivity index (χ0v) is 9.71. The summed E-state index contributed by atoms with van der Waals surface area (Å²) in [4.78, 5) is 1.09. The van der Waals surface area contributed by atoms with E-state index in [-0.39, 0.29) is 5.75 Å². The van der Waals surface area contributed by atoms with E-state index < -0.39 is 0 Å². The average molecular weight is 229 g/mol. The molecule has 16 heavy (non-hydrogen) atoms. The van der Waals surface area contributed by atoms with Crippen molar-refractivity contribution in [2.24, 2.45) is 0 Å². The lowest BCUT2D eigenvalue weighted by atomic mass is 10.1. The summed E-state index contributed by atoms with van der Waals surface area (Å²) in [6, 6.07) is 9.09. The van der Waals surface area contributed by atoms with Crippen LogP contribution in [0.4, 0.5) is 0 Å². The number of phenols is 1. The summed E-state index contributed by atoms with van der Waals surface area (Å²) < 4.78 is 0. The van der Waals surface area contributed by atoms with Crippen LogP contribution in [0.1, 0.15) is 18.1 Å². The predicted octanol–water partition coefficient (Wildman–Crippen LogP) is 3.55. The van der Waals surface area contributed by atoms with Crippen LogP contribution in [0.25, 0.3) is 10.4 Å². The van der Waals surface area contributed by atoms with Gasteiger partial charge in [0.1, 0.15) is 5.75 Å². The second kappa shape index (κ2) is 4.38. The van der Waals surface area contributed by atoms with Gasteiger partial charge in [-0.25, -0.2) is 0 Å². The number of hydrogen-bond donors (Lipinski definition) is 1. The number of nitrogens with zero attached hydrogens (tertiary/aromatic N) is 1. The van der Waals surface area contributed by atoms with Crippen molar-refractivity contribution in [3.8, 4) is 22.3 Å². The number of aryl methyl sites for hydroxylation is 1. The number of aromatic hydroxyl groups is 1. The molecule has 1 heterocycles. The fourth-order valence-electron chi connectivity index (χ4n) is 1.53. The summed E-state index contributed by atoms with van der Waals surface area (Å²) >= 11 is 1.63. The molecule has 0 saturated carbocycles. The lowest BCUT2D eigenvalue weighted by molar-refractivity contribution is 0.475. The molecule has 0 spiro atoms. The van der Waals surface area contributed by atoms with Crippen molar-refractivity contribution in [3.05, 3.63) is 40.8 Å². The van der Waals surface area contributed by atoms with E-state index in [1.54, 1.807) is 23.5 Å². The summed E-state index contributed by atoms with van der Waals surface area (Å²) in [5.41, 5.74) is 2.67. The standard InChI is InChI=1S/C13H11NOS/c1-2-9-5-13(16-8-9)11-3-10(7-14)4-12(15)6-11/h3-6,8,15H,2H2,1H3. The number of benzene rings is 1. The van der Waals surface area contributed by atoms with Crippen LogP contribution in [0.3, 0.4) is 0 Å². The zero-order chi connectivity index (χ0) is 11.5. The molecule has 0 unspecified atom stereocenters. The first kappa shape index (κ1) is 10.7. The van der Waals surface area contributed by atoms with Crippen LogP contribution in [-0.2, 0) is 6.42 Å². The van der Waals surface area contributed by atoms with E-state index in [9.17, 15) is 5.11 Å². The van der Waals surface area contributed by atoms with Crippen molar-refractivity contribution >= 4 is 11.3 Å². The highest BCUT2D eigenvalue weighted by Gasteiger charge is 2.05. The monoisotopic (exact) mass is 229 g/mol. The Morgan fingerprint density at radius 2 is 2.12 bits per heavy atom. The van der Waals surface area contributed by atoms with Crippen LogP contribution < -0.4 is 0 Å². The zero-order valence-electron chi connectivity index (χ0n) is 8.90. The SMILES string of the molecule is CCc1csc(-c2cc(O)cc(C#N)c2)c1.